The van der Waals surface area contributed by atoms with Crippen LogP contribution >= 0.6 is 0 Å². The molecular weight excluding hydrogens is 242 g/mol. The number of methoxy groups -OCH3 is 1. The molecule has 0 bridgehead atoms. The normalized spacial score (nSPS) is 16.8. The molecule has 0 spiro atoms. The third-order valence-electron chi connectivity index (χ3n) is 3.36. The van der Waals surface area contributed by atoms with Crippen molar-refractivity contribution in [2.75, 3.05) is 45.7 Å². The summed E-state index contributed by atoms with van der Waals surface area (Å²) in [6.07, 6.45) is 1.01. The number of nitrogens with zero attached hydrogens (tertiary/aromatic N) is 2. The van der Waals surface area contributed by atoms with Crippen molar-refractivity contribution in [3.8, 4) is 5.75 Å². The second-order valence-corrected chi connectivity index (χ2v) is 4.77. The maximum absolute atomic E-state index is 12.2. The molecule has 2 rings (SSSR count). The minimum Gasteiger partial charge on any atom is -0.495 e. The SMILES string of the molecule is COc1ccccc1NC(=O)N1CCCN(C)CC1. The van der Waals surface area contributed by atoms with Gasteiger partial charge in [0.1, 0.15) is 5.75 Å². The van der Waals surface area contributed by atoms with Crippen molar-refractivity contribution in [1.82, 2.24) is 9.80 Å². The van der Waals surface area contributed by atoms with E-state index in [1.54, 1.807) is 7.11 Å². The number of hydrogen-bond acceptors (Lipinski definition) is 3. The number of amides is 2. The number of anilines is 1. The summed E-state index contributed by atoms with van der Waals surface area (Å²) in [6.45, 7) is 3.51. The van der Waals surface area contributed by atoms with Gasteiger partial charge in [-0.05, 0) is 32.1 Å². The van der Waals surface area contributed by atoms with Crippen molar-refractivity contribution in [3.63, 3.8) is 0 Å². The van der Waals surface area contributed by atoms with Gasteiger partial charge in [-0.3, -0.25) is 0 Å². The molecule has 0 atom stereocenters. The maximum Gasteiger partial charge on any atom is 0.321 e. The highest BCUT2D eigenvalue weighted by molar-refractivity contribution is 5.91. The van der Waals surface area contributed by atoms with E-state index in [1.807, 2.05) is 29.2 Å². The van der Waals surface area contributed by atoms with E-state index >= 15 is 0 Å². The second-order valence-electron chi connectivity index (χ2n) is 4.77. The van der Waals surface area contributed by atoms with Gasteiger partial charge < -0.3 is 19.9 Å². The van der Waals surface area contributed by atoms with Gasteiger partial charge in [-0.15, -0.1) is 0 Å². The molecule has 2 amide bonds. The van der Waals surface area contributed by atoms with E-state index in [9.17, 15) is 4.79 Å². The highest BCUT2D eigenvalue weighted by Gasteiger charge is 2.18. The minimum absolute atomic E-state index is 0.0557. The quantitative estimate of drug-likeness (QED) is 0.886. The Morgan fingerprint density at radius 2 is 2.00 bits per heavy atom. The number of ether oxygens (including phenoxy) is 1. The van der Waals surface area contributed by atoms with Crippen molar-refractivity contribution in [1.29, 1.82) is 0 Å². The van der Waals surface area contributed by atoms with Crippen LogP contribution in [0.15, 0.2) is 24.3 Å². The number of benzene rings is 1. The fraction of sp³-hybridized carbons (Fsp3) is 0.500. The summed E-state index contributed by atoms with van der Waals surface area (Å²) in [7, 11) is 3.69. The molecule has 1 saturated heterocycles. The van der Waals surface area contributed by atoms with E-state index in [0.717, 1.165) is 32.6 Å². The molecule has 1 N–H and O–H groups in total. The number of para-hydroxylation sites is 2. The lowest BCUT2D eigenvalue weighted by Gasteiger charge is -2.21. The molecule has 0 aliphatic carbocycles. The zero-order valence-electron chi connectivity index (χ0n) is 11.6. The number of carbonyl (C=O) groups is 1. The van der Waals surface area contributed by atoms with E-state index < -0.39 is 0 Å². The number of carbonyl (C=O) groups excluding carboxylic acids is 1. The van der Waals surface area contributed by atoms with Crippen molar-refractivity contribution in [2.24, 2.45) is 0 Å². The summed E-state index contributed by atoms with van der Waals surface area (Å²) in [6, 6.07) is 7.40. The van der Waals surface area contributed by atoms with E-state index in [4.69, 9.17) is 4.74 Å². The standard InChI is InChI=1S/C14H21N3O2/c1-16-8-5-9-17(11-10-16)14(18)15-12-6-3-4-7-13(12)19-2/h3-4,6-7H,5,8-11H2,1-2H3,(H,15,18). The summed E-state index contributed by atoms with van der Waals surface area (Å²) in [4.78, 5) is 16.3. The Bertz CT molecular complexity index is 436. The molecule has 1 fully saturated rings. The van der Waals surface area contributed by atoms with Gasteiger partial charge in [0, 0.05) is 19.6 Å². The second kappa shape index (κ2) is 6.43. The van der Waals surface area contributed by atoms with Crippen LogP contribution in [0, 0.1) is 0 Å². The summed E-state index contributed by atoms with van der Waals surface area (Å²) >= 11 is 0. The Balaban J connectivity index is 2.00. The lowest BCUT2D eigenvalue weighted by Crippen LogP contribution is -2.37. The molecule has 1 aliphatic heterocycles. The molecule has 1 heterocycles. The number of nitrogens with one attached hydrogen (secondary N) is 1. The number of hydrogen-bond donors (Lipinski definition) is 1. The van der Waals surface area contributed by atoms with E-state index in [0.29, 0.717) is 11.4 Å². The van der Waals surface area contributed by atoms with Crippen LogP contribution in [-0.2, 0) is 0 Å². The zero-order chi connectivity index (χ0) is 13.7. The predicted octanol–water partition coefficient (Wildman–Crippen LogP) is 1.86. The molecule has 0 aromatic heterocycles. The van der Waals surface area contributed by atoms with Gasteiger partial charge in [0.05, 0.1) is 12.8 Å². The topological polar surface area (TPSA) is 44.8 Å². The van der Waals surface area contributed by atoms with Crippen LogP contribution in [0.2, 0.25) is 0 Å². The molecule has 104 valence electrons. The fourth-order valence-electron chi connectivity index (χ4n) is 2.19. The molecule has 19 heavy (non-hydrogen) atoms. The first-order valence-corrected chi connectivity index (χ1v) is 6.58. The lowest BCUT2D eigenvalue weighted by molar-refractivity contribution is 0.213. The molecule has 0 unspecified atom stereocenters. The van der Waals surface area contributed by atoms with Crippen LogP contribution in [0.4, 0.5) is 10.5 Å². The molecule has 1 aromatic rings. The first-order valence-electron chi connectivity index (χ1n) is 6.58. The summed E-state index contributed by atoms with van der Waals surface area (Å²) in [5.41, 5.74) is 0.715. The lowest BCUT2D eigenvalue weighted by atomic mass is 10.3. The van der Waals surface area contributed by atoms with Crippen LogP contribution in [0.25, 0.3) is 0 Å². The number of rotatable bonds is 2. The zero-order valence-corrected chi connectivity index (χ0v) is 11.6. The van der Waals surface area contributed by atoms with Crippen molar-refractivity contribution < 1.29 is 9.53 Å². The van der Waals surface area contributed by atoms with E-state index in [1.165, 1.54) is 0 Å². The van der Waals surface area contributed by atoms with Gasteiger partial charge in [0.25, 0.3) is 0 Å². The van der Waals surface area contributed by atoms with E-state index in [2.05, 4.69) is 17.3 Å². The highest BCUT2D eigenvalue weighted by Crippen LogP contribution is 2.23. The van der Waals surface area contributed by atoms with Gasteiger partial charge in [0.2, 0.25) is 0 Å². The van der Waals surface area contributed by atoms with E-state index in [-0.39, 0.29) is 6.03 Å². The first kappa shape index (κ1) is 13.7. The number of likely N-dealkylation sites (N-methyl/N-ethyl adjacent to an activating group) is 1. The van der Waals surface area contributed by atoms with Crippen molar-refractivity contribution in [3.05, 3.63) is 24.3 Å². The van der Waals surface area contributed by atoms with Gasteiger partial charge in [-0.1, -0.05) is 12.1 Å². The average molecular weight is 263 g/mol. The Labute approximate surface area is 114 Å². The first-order chi connectivity index (χ1) is 9.20. The molecule has 1 aromatic carbocycles. The smallest absolute Gasteiger partial charge is 0.321 e. The Morgan fingerprint density at radius 3 is 2.79 bits per heavy atom. The van der Waals surface area contributed by atoms with Crippen LogP contribution < -0.4 is 10.1 Å². The molecule has 0 radical (unpaired) electrons. The summed E-state index contributed by atoms with van der Waals surface area (Å²) in [5, 5.41) is 2.92. The van der Waals surface area contributed by atoms with Crippen LogP contribution in [0.5, 0.6) is 5.75 Å². The molecule has 5 nitrogen and oxygen atoms in total. The largest absolute Gasteiger partial charge is 0.495 e. The Hall–Kier alpha value is -1.75. The Morgan fingerprint density at radius 1 is 1.21 bits per heavy atom. The number of urea groups is 1. The fourth-order valence-corrected chi connectivity index (χ4v) is 2.19. The summed E-state index contributed by atoms with van der Waals surface area (Å²) in [5.74, 6) is 0.683. The van der Waals surface area contributed by atoms with Gasteiger partial charge in [0.15, 0.2) is 0 Å². The van der Waals surface area contributed by atoms with Crippen molar-refractivity contribution in [2.45, 2.75) is 6.42 Å². The minimum atomic E-state index is -0.0557. The van der Waals surface area contributed by atoms with Gasteiger partial charge in [-0.25, -0.2) is 4.79 Å². The van der Waals surface area contributed by atoms with Crippen LogP contribution in [-0.4, -0.2) is 56.2 Å². The third kappa shape index (κ3) is 3.61. The molecule has 0 saturated carbocycles. The Kier molecular flexibility index (Phi) is 4.63. The molecular formula is C14H21N3O2. The highest BCUT2D eigenvalue weighted by atomic mass is 16.5. The van der Waals surface area contributed by atoms with Gasteiger partial charge in [-0.2, -0.15) is 0 Å². The van der Waals surface area contributed by atoms with Crippen LogP contribution in [0.3, 0.4) is 0 Å². The average Bonchev–Trinajstić information content (AvgIpc) is 2.64. The van der Waals surface area contributed by atoms with Gasteiger partial charge >= 0.3 is 6.03 Å². The third-order valence-corrected chi connectivity index (χ3v) is 3.36. The molecule has 5 heteroatoms. The van der Waals surface area contributed by atoms with Crippen molar-refractivity contribution >= 4 is 11.7 Å². The van der Waals surface area contributed by atoms with Crippen LogP contribution in [0.1, 0.15) is 6.42 Å². The monoisotopic (exact) mass is 263 g/mol. The molecule has 1 aliphatic rings. The summed E-state index contributed by atoms with van der Waals surface area (Å²) < 4.78 is 5.23. The maximum atomic E-state index is 12.2. The predicted molar refractivity (Wildman–Crippen MR) is 75.7 cm³/mol.